The van der Waals surface area contributed by atoms with E-state index in [1.54, 1.807) is 0 Å². The van der Waals surface area contributed by atoms with Crippen LogP contribution in [-0.4, -0.2) is 14.9 Å². The van der Waals surface area contributed by atoms with Gasteiger partial charge in [0.05, 0.1) is 10.6 Å². The van der Waals surface area contributed by atoms with Gasteiger partial charge in [-0.15, -0.1) is 0 Å². The number of nitrogens with zero attached hydrogens (tertiary/aromatic N) is 3. The fourth-order valence-electron chi connectivity index (χ4n) is 1.48. The second kappa shape index (κ2) is 5.19. The zero-order valence-electron chi connectivity index (χ0n) is 9.92. The molecule has 0 aliphatic carbocycles. The van der Waals surface area contributed by atoms with E-state index in [0.29, 0.717) is 5.69 Å². The van der Waals surface area contributed by atoms with E-state index in [-0.39, 0.29) is 17.5 Å². The van der Waals surface area contributed by atoms with Gasteiger partial charge in [-0.1, -0.05) is 6.07 Å². The number of nitro groups is 1. The molecule has 0 aliphatic rings. The number of hydrogen-bond acceptors (Lipinski definition) is 6. The van der Waals surface area contributed by atoms with Crippen molar-refractivity contribution in [1.29, 1.82) is 0 Å². The molecule has 7 nitrogen and oxygen atoms in total. The van der Waals surface area contributed by atoms with Gasteiger partial charge in [-0.25, -0.2) is 4.98 Å². The summed E-state index contributed by atoms with van der Waals surface area (Å²) in [6, 6.07) is 5.60. The molecule has 2 aromatic rings. The van der Waals surface area contributed by atoms with Gasteiger partial charge in [-0.3, -0.25) is 10.1 Å². The van der Waals surface area contributed by atoms with E-state index in [2.05, 4.69) is 31.2 Å². The molecule has 2 rings (SSSR count). The molecular formula is C11H10BrN5O2. The van der Waals surface area contributed by atoms with Crippen LogP contribution in [0.15, 0.2) is 28.9 Å². The van der Waals surface area contributed by atoms with Gasteiger partial charge in [0.25, 0.3) is 0 Å². The lowest BCUT2D eigenvalue weighted by molar-refractivity contribution is -0.384. The van der Waals surface area contributed by atoms with Crippen molar-refractivity contribution in [2.24, 2.45) is 0 Å². The minimum Gasteiger partial charge on any atom is -0.368 e. The standard InChI is InChI=1S/C11H10BrN5O2/c1-6-2-3-7(12)8(4-6)15-10-9(17(18)19)5-14-11(13)16-10/h2-5H,1H3,(H3,13,14,15,16). The Morgan fingerprint density at radius 3 is 2.89 bits per heavy atom. The van der Waals surface area contributed by atoms with Crippen LogP contribution in [0.4, 0.5) is 23.1 Å². The molecular weight excluding hydrogens is 314 g/mol. The van der Waals surface area contributed by atoms with Crippen LogP contribution < -0.4 is 11.1 Å². The van der Waals surface area contributed by atoms with Crippen LogP contribution in [0.5, 0.6) is 0 Å². The summed E-state index contributed by atoms with van der Waals surface area (Å²) in [7, 11) is 0. The van der Waals surface area contributed by atoms with Gasteiger partial charge in [-0.2, -0.15) is 4.98 Å². The highest BCUT2D eigenvalue weighted by Gasteiger charge is 2.17. The molecule has 3 N–H and O–H groups in total. The number of nitrogens with one attached hydrogen (secondary N) is 1. The number of anilines is 3. The van der Waals surface area contributed by atoms with E-state index < -0.39 is 4.92 Å². The minimum absolute atomic E-state index is 0.0307. The van der Waals surface area contributed by atoms with Crippen LogP contribution in [0, 0.1) is 17.0 Å². The highest BCUT2D eigenvalue weighted by molar-refractivity contribution is 9.10. The third kappa shape index (κ3) is 2.97. The number of benzene rings is 1. The van der Waals surface area contributed by atoms with E-state index in [9.17, 15) is 10.1 Å². The first-order valence-corrected chi connectivity index (χ1v) is 6.07. The lowest BCUT2D eigenvalue weighted by atomic mass is 10.2. The SMILES string of the molecule is Cc1ccc(Br)c(Nc2nc(N)ncc2[N+](=O)[O-])c1. The number of halogens is 1. The molecule has 19 heavy (non-hydrogen) atoms. The van der Waals surface area contributed by atoms with E-state index in [0.717, 1.165) is 16.2 Å². The summed E-state index contributed by atoms with van der Waals surface area (Å²) in [5, 5.41) is 13.8. The molecule has 1 aromatic carbocycles. The Hall–Kier alpha value is -2.22. The summed E-state index contributed by atoms with van der Waals surface area (Å²) >= 11 is 3.36. The number of rotatable bonds is 3. The lowest BCUT2D eigenvalue weighted by Crippen LogP contribution is -2.04. The maximum atomic E-state index is 10.9. The molecule has 0 atom stereocenters. The predicted molar refractivity (Wildman–Crippen MR) is 75.3 cm³/mol. The number of hydrogen-bond donors (Lipinski definition) is 2. The molecule has 0 unspecified atom stereocenters. The van der Waals surface area contributed by atoms with Crippen molar-refractivity contribution in [1.82, 2.24) is 9.97 Å². The molecule has 1 aromatic heterocycles. The van der Waals surface area contributed by atoms with Gasteiger partial charge in [0, 0.05) is 4.47 Å². The summed E-state index contributed by atoms with van der Waals surface area (Å²) in [4.78, 5) is 17.8. The Kier molecular flexibility index (Phi) is 3.61. The Balaban J connectivity index is 2.45. The van der Waals surface area contributed by atoms with Crippen LogP contribution in [-0.2, 0) is 0 Å². The molecule has 98 valence electrons. The molecule has 0 spiro atoms. The fourth-order valence-corrected chi connectivity index (χ4v) is 1.82. The highest BCUT2D eigenvalue weighted by atomic mass is 79.9. The summed E-state index contributed by atoms with van der Waals surface area (Å²) in [5.41, 5.74) is 6.90. The van der Waals surface area contributed by atoms with Gasteiger partial charge in [-0.05, 0) is 40.5 Å². The van der Waals surface area contributed by atoms with Crippen molar-refractivity contribution in [2.45, 2.75) is 6.92 Å². The maximum Gasteiger partial charge on any atom is 0.329 e. The first-order chi connectivity index (χ1) is 8.97. The molecule has 0 saturated carbocycles. The monoisotopic (exact) mass is 323 g/mol. The predicted octanol–water partition coefficient (Wildman–Crippen LogP) is 2.78. The van der Waals surface area contributed by atoms with Crippen molar-refractivity contribution < 1.29 is 4.92 Å². The third-order valence-corrected chi connectivity index (χ3v) is 3.05. The topological polar surface area (TPSA) is 107 Å². The molecule has 1 heterocycles. The zero-order chi connectivity index (χ0) is 14.0. The van der Waals surface area contributed by atoms with Gasteiger partial charge in [0.1, 0.15) is 6.20 Å². The van der Waals surface area contributed by atoms with Gasteiger partial charge in [0.15, 0.2) is 0 Å². The fraction of sp³-hybridized carbons (Fsp3) is 0.0909. The largest absolute Gasteiger partial charge is 0.368 e. The van der Waals surface area contributed by atoms with Gasteiger partial charge in [0.2, 0.25) is 11.8 Å². The van der Waals surface area contributed by atoms with Crippen molar-refractivity contribution in [3.05, 3.63) is 44.5 Å². The Morgan fingerprint density at radius 2 is 2.21 bits per heavy atom. The van der Waals surface area contributed by atoms with Gasteiger partial charge < -0.3 is 11.1 Å². The first-order valence-electron chi connectivity index (χ1n) is 5.27. The molecule has 0 saturated heterocycles. The van der Waals surface area contributed by atoms with Crippen molar-refractivity contribution in [3.63, 3.8) is 0 Å². The zero-order valence-corrected chi connectivity index (χ0v) is 11.5. The van der Waals surface area contributed by atoms with E-state index in [1.165, 1.54) is 0 Å². The summed E-state index contributed by atoms with van der Waals surface area (Å²) in [6.45, 7) is 1.92. The van der Waals surface area contributed by atoms with Crippen LogP contribution >= 0.6 is 15.9 Å². The first kappa shape index (κ1) is 13.2. The Bertz CT molecular complexity index is 647. The van der Waals surface area contributed by atoms with Gasteiger partial charge >= 0.3 is 5.69 Å². The minimum atomic E-state index is -0.564. The second-order valence-corrected chi connectivity index (χ2v) is 4.68. The molecule has 0 amide bonds. The molecule has 0 fully saturated rings. The second-order valence-electron chi connectivity index (χ2n) is 3.83. The average molecular weight is 324 g/mol. The molecule has 0 radical (unpaired) electrons. The van der Waals surface area contributed by atoms with Crippen molar-refractivity contribution >= 4 is 39.1 Å². The smallest absolute Gasteiger partial charge is 0.329 e. The summed E-state index contributed by atoms with van der Waals surface area (Å²) in [5.74, 6) is 0.0284. The van der Waals surface area contributed by atoms with Crippen LogP contribution in [0.3, 0.4) is 0 Å². The van der Waals surface area contributed by atoms with Crippen molar-refractivity contribution in [3.8, 4) is 0 Å². The van der Waals surface area contributed by atoms with Crippen LogP contribution in [0.25, 0.3) is 0 Å². The van der Waals surface area contributed by atoms with E-state index in [1.807, 2.05) is 25.1 Å². The lowest BCUT2D eigenvalue weighted by Gasteiger charge is -2.09. The molecule has 8 heteroatoms. The normalized spacial score (nSPS) is 10.2. The van der Waals surface area contributed by atoms with Crippen LogP contribution in [0.2, 0.25) is 0 Å². The number of nitrogen functional groups attached to an aromatic ring is 1. The number of aryl methyl sites for hydroxylation is 1. The van der Waals surface area contributed by atoms with E-state index in [4.69, 9.17) is 5.73 Å². The van der Waals surface area contributed by atoms with E-state index >= 15 is 0 Å². The Labute approximate surface area is 117 Å². The summed E-state index contributed by atoms with van der Waals surface area (Å²) < 4.78 is 0.768. The van der Waals surface area contributed by atoms with Crippen molar-refractivity contribution in [2.75, 3.05) is 11.1 Å². The third-order valence-electron chi connectivity index (χ3n) is 2.36. The van der Waals surface area contributed by atoms with Crippen LogP contribution in [0.1, 0.15) is 5.56 Å². The quantitative estimate of drug-likeness (QED) is 0.664. The Morgan fingerprint density at radius 1 is 1.47 bits per heavy atom. The number of nitrogens with two attached hydrogens (primary N) is 1. The summed E-state index contributed by atoms with van der Waals surface area (Å²) in [6.07, 6.45) is 1.08. The molecule has 0 aliphatic heterocycles. The highest BCUT2D eigenvalue weighted by Crippen LogP contribution is 2.30. The maximum absolute atomic E-state index is 10.9. The number of aromatic nitrogens is 2. The average Bonchev–Trinajstić information content (AvgIpc) is 2.33. The molecule has 0 bridgehead atoms.